The zero-order valence-electron chi connectivity index (χ0n) is 25.0. The molecule has 3 aliphatic heterocycles. The molecule has 8 nitrogen and oxygen atoms in total. The Labute approximate surface area is 266 Å². The second kappa shape index (κ2) is 13.0. The number of hydrogen-bond donors (Lipinski definition) is 2. The predicted octanol–water partition coefficient (Wildman–Crippen LogP) is 6.15. The van der Waals surface area contributed by atoms with Crippen LogP contribution in [0.5, 0.6) is 0 Å². The summed E-state index contributed by atoms with van der Waals surface area (Å²) in [6.45, 7) is 7.16. The molecule has 0 amide bonds. The van der Waals surface area contributed by atoms with E-state index in [1.807, 2.05) is 35.8 Å². The first kappa shape index (κ1) is 29.4. The van der Waals surface area contributed by atoms with Gasteiger partial charge in [-0.3, -0.25) is 14.7 Å². The van der Waals surface area contributed by atoms with Crippen LogP contribution in [0.15, 0.2) is 97.4 Å². The highest BCUT2D eigenvalue weighted by Gasteiger charge is 2.29. The molecule has 7 rings (SSSR count). The molecule has 2 aromatic carbocycles. The first-order valence-corrected chi connectivity index (χ1v) is 16.8. The number of hydrogen-bond acceptors (Lipinski definition) is 9. The fourth-order valence-electron chi connectivity index (χ4n) is 6.01. The van der Waals surface area contributed by atoms with Crippen LogP contribution in [-0.4, -0.2) is 67.4 Å². The number of H-pyrrole nitrogens is 1. The quantitative estimate of drug-likeness (QED) is 0.200. The predicted molar refractivity (Wildman–Crippen MR) is 176 cm³/mol. The molecule has 2 atom stereocenters. The maximum absolute atomic E-state index is 11.9. The number of nitrogens with zero attached hydrogens (tertiary/aromatic N) is 3. The third-order valence-electron chi connectivity index (χ3n) is 8.55. The number of benzene rings is 2. The maximum Gasteiger partial charge on any atom is 0.249 e. The molecular formula is C34H37N5O3S2. The summed E-state index contributed by atoms with van der Waals surface area (Å²) in [5.41, 5.74) is 5.39. The summed E-state index contributed by atoms with van der Waals surface area (Å²) in [6, 6.07) is 21.2. The molecule has 0 saturated carbocycles. The van der Waals surface area contributed by atoms with Gasteiger partial charge >= 0.3 is 0 Å². The number of aromatic nitrogens is 2. The molecular weight excluding hydrogens is 591 g/mol. The lowest BCUT2D eigenvalue weighted by Gasteiger charge is -2.38. The Morgan fingerprint density at radius 3 is 2.80 bits per heavy atom. The van der Waals surface area contributed by atoms with Gasteiger partial charge in [-0.1, -0.05) is 41.7 Å². The van der Waals surface area contributed by atoms with Gasteiger partial charge in [0.1, 0.15) is 6.10 Å². The van der Waals surface area contributed by atoms with Crippen molar-refractivity contribution >= 4 is 34.9 Å². The summed E-state index contributed by atoms with van der Waals surface area (Å²) in [5.74, 6) is 0. The lowest BCUT2D eigenvalue weighted by Crippen LogP contribution is -2.52. The monoisotopic (exact) mass is 627 g/mol. The number of methoxy groups -OCH3 is 1. The maximum atomic E-state index is 11.9. The van der Waals surface area contributed by atoms with E-state index in [0.29, 0.717) is 19.3 Å². The first-order chi connectivity index (χ1) is 21.5. The van der Waals surface area contributed by atoms with Crippen molar-refractivity contribution < 1.29 is 9.47 Å². The summed E-state index contributed by atoms with van der Waals surface area (Å²) >= 11 is 3.64. The van der Waals surface area contributed by atoms with E-state index >= 15 is 0 Å². The minimum atomic E-state index is -0.0853. The van der Waals surface area contributed by atoms with Crippen molar-refractivity contribution in [1.29, 1.82) is 0 Å². The first-order valence-electron chi connectivity index (χ1n) is 15.1. The number of anilines is 2. The van der Waals surface area contributed by atoms with Crippen molar-refractivity contribution in [2.45, 2.75) is 51.2 Å². The highest BCUT2D eigenvalue weighted by atomic mass is 32.2. The molecule has 5 heterocycles. The summed E-state index contributed by atoms with van der Waals surface area (Å²) < 4.78 is 11.8. The summed E-state index contributed by atoms with van der Waals surface area (Å²) in [5, 5.41) is 3.81. The minimum Gasteiger partial charge on any atom is -0.379 e. The van der Waals surface area contributed by atoms with Gasteiger partial charge in [0.25, 0.3) is 0 Å². The Balaban J connectivity index is 1.08. The Kier molecular flexibility index (Phi) is 8.69. The third-order valence-corrected chi connectivity index (χ3v) is 11.2. The van der Waals surface area contributed by atoms with Gasteiger partial charge in [-0.25, -0.2) is 0 Å². The van der Waals surface area contributed by atoms with Crippen LogP contribution in [0.25, 0.3) is 0 Å². The van der Waals surface area contributed by atoms with Gasteiger partial charge in [-0.2, -0.15) is 0 Å². The number of ether oxygens (including phenoxy) is 2. The number of fused-ring (bicyclic) bond motifs is 2. The molecule has 0 spiro atoms. The Morgan fingerprint density at radius 1 is 1.07 bits per heavy atom. The molecule has 0 radical (unpaired) electrons. The van der Waals surface area contributed by atoms with Crippen LogP contribution in [0, 0.1) is 6.92 Å². The summed E-state index contributed by atoms with van der Waals surface area (Å²) in [7, 11) is 1.79. The van der Waals surface area contributed by atoms with E-state index in [-0.39, 0.29) is 17.7 Å². The molecule has 2 saturated heterocycles. The van der Waals surface area contributed by atoms with Crippen molar-refractivity contribution in [3.63, 3.8) is 0 Å². The fraction of sp³-hybridized carbons (Fsp3) is 0.353. The van der Waals surface area contributed by atoms with Crippen molar-refractivity contribution in [1.82, 2.24) is 14.9 Å². The van der Waals surface area contributed by atoms with Crippen molar-refractivity contribution in [3.8, 4) is 0 Å². The van der Waals surface area contributed by atoms with Crippen molar-refractivity contribution in [2.24, 2.45) is 0 Å². The highest BCUT2D eigenvalue weighted by molar-refractivity contribution is 8.05. The second-order valence-corrected chi connectivity index (χ2v) is 13.8. The number of rotatable bonds is 9. The molecule has 3 aliphatic rings. The minimum absolute atomic E-state index is 0.0677. The highest BCUT2D eigenvalue weighted by Crippen LogP contribution is 2.52. The fourth-order valence-corrected chi connectivity index (χ4v) is 8.46. The van der Waals surface area contributed by atoms with Gasteiger partial charge in [-0.05, 0) is 60.9 Å². The zero-order chi connectivity index (χ0) is 30.0. The van der Waals surface area contributed by atoms with E-state index in [1.54, 1.807) is 19.4 Å². The van der Waals surface area contributed by atoms with Crippen LogP contribution in [-0.2, 0) is 9.47 Å². The normalized spacial score (nSPS) is 19.1. The average Bonchev–Trinajstić information content (AvgIpc) is 3.03. The number of aryl methyl sites for hydroxylation is 1. The molecule has 228 valence electrons. The smallest absolute Gasteiger partial charge is 0.249 e. The van der Waals surface area contributed by atoms with Crippen LogP contribution in [0.3, 0.4) is 0 Å². The second-order valence-electron chi connectivity index (χ2n) is 11.6. The molecule has 2 unspecified atom stereocenters. The van der Waals surface area contributed by atoms with Gasteiger partial charge in [-0.15, -0.1) is 0 Å². The van der Waals surface area contributed by atoms with Gasteiger partial charge in [0.2, 0.25) is 5.56 Å². The van der Waals surface area contributed by atoms with Gasteiger partial charge in [0, 0.05) is 89.3 Å². The van der Waals surface area contributed by atoms with E-state index < -0.39 is 0 Å². The number of nitrogens with one attached hydrogen (secondary N) is 2. The molecule has 2 N–H and O–H groups in total. The summed E-state index contributed by atoms with van der Waals surface area (Å²) in [4.78, 5) is 29.1. The molecule has 2 aromatic heterocycles. The Hall–Kier alpha value is -3.28. The van der Waals surface area contributed by atoms with E-state index in [2.05, 4.69) is 75.6 Å². The third kappa shape index (κ3) is 6.41. The standard InChI is InChI=1S/C34H37N5O3S2/c1-22-6-8-27(36-18-22)28(11-13-38-19-25(20-38)41-2)37-23-7-9-30-32(16-23)43-31-5-3-4-26(34(31)44-30)29-21-39(14-15-42-29)24-10-12-35-33(40)17-24/h3-10,12,16-18,25,28-29,37H,11,13-15,19-21H2,1-2H3,(H,35,40). The van der Waals surface area contributed by atoms with E-state index in [0.717, 1.165) is 49.7 Å². The van der Waals surface area contributed by atoms with Crippen LogP contribution < -0.4 is 15.8 Å². The van der Waals surface area contributed by atoms with Crippen LogP contribution in [0.2, 0.25) is 0 Å². The molecule has 4 aromatic rings. The number of aromatic amines is 1. The van der Waals surface area contributed by atoms with E-state index in [9.17, 15) is 4.79 Å². The molecule has 0 bridgehead atoms. The van der Waals surface area contributed by atoms with E-state index in [1.165, 1.54) is 30.7 Å². The number of morpholine rings is 1. The van der Waals surface area contributed by atoms with Crippen molar-refractivity contribution in [2.75, 3.05) is 56.7 Å². The van der Waals surface area contributed by atoms with Gasteiger partial charge < -0.3 is 24.7 Å². The average molecular weight is 628 g/mol. The van der Waals surface area contributed by atoms with Crippen LogP contribution >= 0.6 is 23.5 Å². The van der Waals surface area contributed by atoms with Crippen LogP contribution in [0.4, 0.5) is 11.4 Å². The molecule has 0 aliphatic carbocycles. The topological polar surface area (TPSA) is 82.7 Å². The summed E-state index contributed by atoms with van der Waals surface area (Å²) in [6.07, 6.45) is 4.92. The van der Waals surface area contributed by atoms with E-state index in [4.69, 9.17) is 14.5 Å². The lowest BCUT2D eigenvalue weighted by molar-refractivity contribution is -0.0299. The zero-order valence-corrected chi connectivity index (χ0v) is 26.6. The van der Waals surface area contributed by atoms with Crippen LogP contribution in [0.1, 0.15) is 35.4 Å². The number of likely N-dealkylation sites (tertiary alicyclic amines) is 1. The lowest BCUT2D eigenvalue weighted by atomic mass is 10.1. The largest absolute Gasteiger partial charge is 0.379 e. The Morgan fingerprint density at radius 2 is 1.98 bits per heavy atom. The SMILES string of the molecule is COC1CN(CCC(Nc2ccc3c(c2)Sc2cccc(C4CN(c5cc[nH]c(=O)c5)CCO4)c2S3)c2ccc(C)cn2)C1. The molecule has 2 fully saturated rings. The van der Waals surface area contributed by atoms with Crippen molar-refractivity contribution in [3.05, 3.63) is 100 Å². The Bertz CT molecular complexity index is 1670. The van der Waals surface area contributed by atoms with Gasteiger partial charge in [0.15, 0.2) is 0 Å². The number of pyridine rings is 2. The van der Waals surface area contributed by atoms with Gasteiger partial charge in [0.05, 0.1) is 24.4 Å². The molecule has 10 heteroatoms. The molecule has 44 heavy (non-hydrogen) atoms.